The molecule has 0 saturated heterocycles. The number of nitro groups is 1. The van der Waals surface area contributed by atoms with E-state index in [9.17, 15) is 14.9 Å². The molecule has 0 radical (unpaired) electrons. The molecule has 3 N–H and O–H groups in total. The average Bonchev–Trinajstić information content (AvgIpc) is 2.13. The van der Waals surface area contributed by atoms with Crippen LogP contribution in [0.2, 0.25) is 5.28 Å². The molecular weight excluding hydrogens is 262 g/mol. The van der Waals surface area contributed by atoms with Crippen LogP contribution in [0.15, 0.2) is 0 Å². The van der Waals surface area contributed by atoms with Crippen molar-refractivity contribution >= 4 is 29.0 Å². The highest BCUT2D eigenvalue weighted by atomic mass is 35.5. The first-order valence-corrected chi connectivity index (χ1v) is 5.29. The summed E-state index contributed by atoms with van der Waals surface area (Å²) in [7, 11) is 0. The Labute approximate surface area is 108 Å². The lowest BCUT2D eigenvalue weighted by Gasteiger charge is -2.22. The van der Waals surface area contributed by atoms with Gasteiger partial charge in [-0.3, -0.25) is 14.9 Å². The van der Waals surface area contributed by atoms with E-state index >= 15 is 0 Å². The summed E-state index contributed by atoms with van der Waals surface area (Å²) in [5.41, 5.74) is 3.73. The molecule has 1 amide bonds. The fourth-order valence-corrected chi connectivity index (χ4v) is 1.41. The molecule has 1 aromatic heterocycles. The number of carbonyl (C=O) groups excluding carboxylic acids is 1. The molecule has 0 aliphatic rings. The number of hydrogen-bond donors (Lipinski definition) is 2. The summed E-state index contributed by atoms with van der Waals surface area (Å²) in [5, 5.41) is 13.4. The molecule has 8 nitrogen and oxygen atoms in total. The zero-order valence-electron chi connectivity index (χ0n) is 10.0. The van der Waals surface area contributed by atoms with Crippen LogP contribution >= 0.6 is 11.6 Å². The Bertz CT molecular complexity index is 517. The van der Waals surface area contributed by atoms with E-state index in [1.165, 1.54) is 20.8 Å². The maximum atomic E-state index is 11.2. The monoisotopic (exact) mass is 273 g/mol. The smallest absolute Gasteiger partial charge is 0.332 e. The number of aromatic nitrogens is 2. The minimum absolute atomic E-state index is 0.0998. The Morgan fingerprint density at radius 1 is 1.50 bits per heavy atom. The zero-order chi connectivity index (χ0) is 14.1. The van der Waals surface area contributed by atoms with Crippen molar-refractivity contribution in [1.29, 1.82) is 0 Å². The van der Waals surface area contributed by atoms with Crippen molar-refractivity contribution in [2.75, 3.05) is 5.32 Å². The number of anilines is 1. The first-order chi connectivity index (χ1) is 8.15. The van der Waals surface area contributed by atoms with Gasteiger partial charge in [-0.2, -0.15) is 4.98 Å². The Morgan fingerprint density at radius 3 is 2.50 bits per heavy atom. The van der Waals surface area contributed by atoms with Crippen molar-refractivity contribution in [3.8, 4) is 0 Å². The third kappa shape index (κ3) is 2.83. The van der Waals surface area contributed by atoms with Crippen LogP contribution in [0, 0.1) is 17.0 Å². The number of hydrogen-bond acceptors (Lipinski definition) is 6. The van der Waals surface area contributed by atoms with Crippen LogP contribution in [-0.4, -0.2) is 26.3 Å². The first-order valence-electron chi connectivity index (χ1n) is 4.91. The van der Waals surface area contributed by atoms with Gasteiger partial charge >= 0.3 is 5.69 Å². The van der Waals surface area contributed by atoms with Crippen molar-refractivity contribution in [3.63, 3.8) is 0 Å². The van der Waals surface area contributed by atoms with E-state index in [0.29, 0.717) is 0 Å². The molecule has 0 bridgehead atoms. The molecule has 0 aliphatic heterocycles. The summed E-state index contributed by atoms with van der Waals surface area (Å²) in [4.78, 5) is 28.9. The standard InChI is InChI=1S/C9H12ClN5O3/c1-4-5(15(17)18)6(13-8(10)12-4)14-9(2,3)7(11)16/h1-3H3,(H2,11,16)(H,12,13,14). The van der Waals surface area contributed by atoms with E-state index in [1.807, 2.05) is 0 Å². The summed E-state index contributed by atoms with van der Waals surface area (Å²) < 4.78 is 0. The van der Waals surface area contributed by atoms with Crippen LogP contribution in [0.1, 0.15) is 19.5 Å². The van der Waals surface area contributed by atoms with Crippen molar-refractivity contribution in [2.45, 2.75) is 26.3 Å². The SMILES string of the molecule is Cc1nc(Cl)nc(NC(C)(C)C(N)=O)c1[N+](=O)[O-]. The Hall–Kier alpha value is -1.96. The lowest BCUT2D eigenvalue weighted by Crippen LogP contribution is -2.45. The van der Waals surface area contributed by atoms with Gasteiger partial charge < -0.3 is 11.1 Å². The van der Waals surface area contributed by atoms with Crippen molar-refractivity contribution in [1.82, 2.24) is 9.97 Å². The summed E-state index contributed by atoms with van der Waals surface area (Å²) in [5.74, 6) is -0.814. The molecule has 1 aromatic rings. The molecule has 0 spiro atoms. The highest BCUT2D eigenvalue weighted by molar-refractivity contribution is 6.28. The minimum atomic E-state index is -1.20. The molecule has 18 heavy (non-hydrogen) atoms. The third-order valence-corrected chi connectivity index (χ3v) is 2.43. The van der Waals surface area contributed by atoms with Crippen molar-refractivity contribution < 1.29 is 9.72 Å². The molecule has 0 unspecified atom stereocenters. The molecule has 0 fully saturated rings. The number of primary amides is 1. The quantitative estimate of drug-likeness (QED) is 0.479. The second-order valence-electron chi connectivity index (χ2n) is 4.15. The van der Waals surface area contributed by atoms with E-state index in [4.69, 9.17) is 17.3 Å². The molecular formula is C9H12ClN5O3. The van der Waals surface area contributed by atoms with Crippen molar-refractivity contribution in [3.05, 3.63) is 21.1 Å². The van der Waals surface area contributed by atoms with Crippen LogP contribution < -0.4 is 11.1 Å². The van der Waals surface area contributed by atoms with E-state index in [0.717, 1.165) is 0 Å². The fourth-order valence-electron chi connectivity index (χ4n) is 1.20. The largest absolute Gasteiger partial charge is 0.368 e. The summed E-state index contributed by atoms with van der Waals surface area (Å²) in [6.07, 6.45) is 0. The lowest BCUT2D eigenvalue weighted by atomic mass is 10.1. The third-order valence-electron chi connectivity index (χ3n) is 2.26. The maximum Gasteiger partial charge on any atom is 0.332 e. The molecule has 0 atom stereocenters. The average molecular weight is 274 g/mol. The molecule has 98 valence electrons. The number of nitrogens with zero attached hydrogens (tertiary/aromatic N) is 3. The number of amides is 1. The molecule has 0 aromatic carbocycles. The molecule has 0 aliphatic carbocycles. The Morgan fingerprint density at radius 2 is 2.06 bits per heavy atom. The van der Waals surface area contributed by atoms with Gasteiger partial charge in [0.25, 0.3) is 0 Å². The van der Waals surface area contributed by atoms with Gasteiger partial charge in [-0.05, 0) is 32.4 Å². The highest BCUT2D eigenvalue weighted by Gasteiger charge is 2.30. The van der Waals surface area contributed by atoms with E-state index in [1.54, 1.807) is 0 Å². The van der Waals surface area contributed by atoms with Gasteiger partial charge in [0.2, 0.25) is 17.0 Å². The second-order valence-corrected chi connectivity index (χ2v) is 4.48. The Kier molecular flexibility index (Phi) is 3.70. The van der Waals surface area contributed by atoms with Crippen LogP contribution in [0.5, 0.6) is 0 Å². The van der Waals surface area contributed by atoms with Gasteiger partial charge in [0.05, 0.1) is 4.92 Å². The van der Waals surface area contributed by atoms with Crippen LogP contribution in [0.25, 0.3) is 0 Å². The molecule has 9 heteroatoms. The van der Waals surface area contributed by atoms with Crippen molar-refractivity contribution in [2.24, 2.45) is 5.73 Å². The van der Waals surface area contributed by atoms with E-state index in [-0.39, 0.29) is 22.5 Å². The van der Waals surface area contributed by atoms with Crippen LogP contribution in [0.4, 0.5) is 11.5 Å². The predicted octanol–water partition coefficient (Wildman–Crippen LogP) is 1.02. The van der Waals surface area contributed by atoms with Gasteiger partial charge in [-0.1, -0.05) is 0 Å². The highest BCUT2D eigenvalue weighted by Crippen LogP contribution is 2.28. The second kappa shape index (κ2) is 4.73. The predicted molar refractivity (Wildman–Crippen MR) is 65.3 cm³/mol. The zero-order valence-corrected chi connectivity index (χ0v) is 10.8. The maximum absolute atomic E-state index is 11.2. The summed E-state index contributed by atoms with van der Waals surface area (Å²) >= 11 is 5.63. The number of nitrogens with one attached hydrogen (secondary N) is 1. The summed E-state index contributed by atoms with van der Waals surface area (Å²) in [6.45, 7) is 4.38. The van der Waals surface area contributed by atoms with Crippen LogP contribution in [-0.2, 0) is 4.79 Å². The van der Waals surface area contributed by atoms with Gasteiger partial charge in [0.1, 0.15) is 11.2 Å². The number of nitrogens with two attached hydrogens (primary N) is 1. The first kappa shape index (κ1) is 14.1. The minimum Gasteiger partial charge on any atom is -0.368 e. The van der Waals surface area contributed by atoms with Crippen LogP contribution in [0.3, 0.4) is 0 Å². The number of halogens is 1. The van der Waals surface area contributed by atoms with Gasteiger partial charge in [-0.15, -0.1) is 0 Å². The fraction of sp³-hybridized carbons (Fsp3) is 0.444. The number of aryl methyl sites for hydroxylation is 1. The van der Waals surface area contributed by atoms with Gasteiger partial charge in [-0.25, -0.2) is 4.98 Å². The molecule has 1 rings (SSSR count). The normalized spacial score (nSPS) is 11.1. The number of carbonyl (C=O) groups is 1. The molecule has 1 heterocycles. The van der Waals surface area contributed by atoms with E-state index < -0.39 is 16.4 Å². The Balaban J connectivity index is 3.32. The van der Waals surface area contributed by atoms with E-state index in [2.05, 4.69) is 15.3 Å². The molecule has 0 saturated carbocycles. The number of rotatable bonds is 4. The lowest BCUT2D eigenvalue weighted by molar-refractivity contribution is -0.385. The summed E-state index contributed by atoms with van der Waals surface area (Å²) in [6, 6.07) is 0. The van der Waals surface area contributed by atoms with Gasteiger partial charge in [0, 0.05) is 0 Å². The van der Waals surface area contributed by atoms with Gasteiger partial charge in [0.15, 0.2) is 0 Å². The topological polar surface area (TPSA) is 124 Å².